The van der Waals surface area contributed by atoms with Crippen LogP contribution >= 0.6 is 0 Å². The predicted molar refractivity (Wildman–Crippen MR) is 64.3 cm³/mol. The number of nitrogens with zero attached hydrogens (tertiary/aromatic N) is 1. The van der Waals surface area contributed by atoms with E-state index in [9.17, 15) is 4.79 Å². The van der Waals surface area contributed by atoms with Gasteiger partial charge in [0.15, 0.2) is 0 Å². The van der Waals surface area contributed by atoms with E-state index in [0.717, 1.165) is 19.5 Å². The highest BCUT2D eigenvalue weighted by Crippen LogP contribution is 2.24. The molecule has 0 aromatic heterocycles. The molecular weight excluding hydrogens is 188 g/mol. The van der Waals surface area contributed by atoms with E-state index in [1.54, 1.807) is 4.90 Å². The Morgan fingerprint density at radius 2 is 1.73 bits per heavy atom. The average Bonchev–Trinajstić information content (AvgIpc) is 2.14. The summed E-state index contributed by atoms with van der Waals surface area (Å²) in [6.07, 6.45) is 2.17. The molecule has 0 bridgehead atoms. The second-order valence-corrected chi connectivity index (χ2v) is 4.91. The molecule has 88 valence electrons. The fraction of sp³-hybridized carbons (Fsp3) is 0.750. The van der Waals surface area contributed by atoms with Gasteiger partial charge in [0.05, 0.1) is 0 Å². The molecule has 0 aliphatic heterocycles. The van der Waals surface area contributed by atoms with Crippen LogP contribution in [0.2, 0.25) is 0 Å². The zero-order chi connectivity index (χ0) is 12.1. The van der Waals surface area contributed by atoms with Crippen molar-refractivity contribution in [2.75, 3.05) is 13.1 Å². The zero-order valence-corrected chi connectivity index (χ0v) is 10.6. The summed E-state index contributed by atoms with van der Waals surface area (Å²) in [6.45, 7) is 11.7. The monoisotopic (exact) mass is 212 g/mol. The van der Waals surface area contributed by atoms with Crippen molar-refractivity contribution in [2.45, 2.75) is 41.0 Å². The van der Waals surface area contributed by atoms with Gasteiger partial charge in [-0.15, -0.1) is 0 Å². The van der Waals surface area contributed by atoms with Gasteiger partial charge in [0.1, 0.15) is 0 Å². The Labute approximate surface area is 93.3 Å². The van der Waals surface area contributed by atoms with Crippen LogP contribution in [0.1, 0.15) is 41.0 Å². The van der Waals surface area contributed by atoms with E-state index in [-0.39, 0.29) is 11.3 Å². The molecule has 0 unspecified atom stereocenters. The summed E-state index contributed by atoms with van der Waals surface area (Å²) in [5.41, 5.74) is 6.32. The van der Waals surface area contributed by atoms with Crippen LogP contribution < -0.4 is 5.73 Å². The second-order valence-electron chi connectivity index (χ2n) is 4.91. The van der Waals surface area contributed by atoms with Crippen LogP contribution in [0.15, 0.2) is 11.8 Å². The fourth-order valence-electron chi connectivity index (χ4n) is 1.49. The van der Waals surface area contributed by atoms with E-state index in [1.807, 2.05) is 13.8 Å². The van der Waals surface area contributed by atoms with E-state index < -0.39 is 0 Å². The quantitative estimate of drug-likeness (QED) is 0.726. The van der Waals surface area contributed by atoms with E-state index in [0.29, 0.717) is 5.57 Å². The van der Waals surface area contributed by atoms with Crippen LogP contribution in [0.25, 0.3) is 0 Å². The standard InChI is InChI=1S/C12H24N2O/c1-6-14(7-2)11(15)10(9-13)8-12(3,4)5/h9H,6-8,13H2,1-5H3. The van der Waals surface area contributed by atoms with Crippen molar-refractivity contribution in [3.63, 3.8) is 0 Å². The first-order valence-corrected chi connectivity index (χ1v) is 5.55. The summed E-state index contributed by atoms with van der Waals surface area (Å²) in [4.78, 5) is 13.8. The van der Waals surface area contributed by atoms with Gasteiger partial charge in [0.2, 0.25) is 0 Å². The maximum Gasteiger partial charge on any atom is 0.251 e. The minimum atomic E-state index is 0.0671. The maximum absolute atomic E-state index is 12.0. The molecule has 15 heavy (non-hydrogen) atoms. The first-order valence-electron chi connectivity index (χ1n) is 5.55. The van der Waals surface area contributed by atoms with Crippen molar-refractivity contribution in [3.05, 3.63) is 11.8 Å². The lowest BCUT2D eigenvalue weighted by atomic mass is 9.88. The highest BCUT2D eigenvalue weighted by atomic mass is 16.2. The van der Waals surface area contributed by atoms with Gasteiger partial charge in [-0.05, 0) is 25.7 Å². The van der Waals surface area contributed by atoms with E-state index in [4.69, 9.17) is 5.73 Å². The molecular formula is C12H24N2O. The third-order valence-corrected chi connectivity index (χ3v) is 2.25. The van der Waals surface area contributed by atoms with Crippen LogP contribution in [-0.2, 0) is 4.79 Å². The Hall–Kier alpha value is -0.990. The molecule has 0 heterocycles. The minimum absolute atomic E-state index is 0.0671. The Morgan fingerprint density at radius 1 is 1.27 bits per heavy atom. The molecule has 0 rings (SSSR count). The van der Waals surface area contributed by atoms with Gasteiger partial charge >= 0.3 is 0 Å². The molecule has 0 aromatic carbocycles. The number of carbonyl (C=O) groups excluding carboxylic acids is 1. The number of nitrogens with two attached hydrogens (primary N) is 1. The largest absolute Gasteiger partial charge is 0.404 e. The lowest BCUT2D eigenvalue weighted by molar-refractivity contribution is -0.127. The van der Waals surface area contributed by atoms with Crippen LogP contribution in [-0.4, -0.2) is 23.9 Å². The second kappa shape index (κ2) is 5.79. The van der Waals surface area contributed by atoms with E-state index >= 15 is 0 Å². The normalized spacial score (nSPS) is 12.7. The third kappa shape index (κ3) is 4.86. The van der Waals surface area contributed by atoms with Crippen molar-refractivity contribution < 1.29 is 4.79 Å². The molecule has 3 nitrogen and oxygen atoms in total. The summed E-state index contributed by atoms with van der Waals surface area (Å²) in [6, 6.07) is 0. The number of carbonyl (C=O) groups is 1. The molecule has 0 aliphatic carbocycles. The summed E-state index contributed by atoms with van der Waals surface area (Å²) in [5, 5.41) is 0. The van der Waals surface area contributed by atoms with Gasteiger partial charge in [-0.3, -0.25) is 4.79 Å². The molecule has 0 aliphatic rings. The minimum Gasteiger partial charge on any atom is -0.404 e. The van der Waals surface area contributed by atoms with Crippen LogP contribution in [0, 0.1) is 5.41 Å². The van der Waals surface area contributed by atoms with Crippen molar-refractivity contribution in [1.82, 2.24) is 4.90 Å². The smallest absolute Gasteiger partial charge is 0.251 e. The summed E-state index contributed by atoms with van der Waals surface area (Å²) in [5.74, 6) is 0.0671. The van der Waals surface area contributed by atoms with Gasteiger partial charge < -0.3 is 10.6 Å². The van der Waals surface area contributed by atoms with Crippen molar-refractivity contribution >= 4 is 5.91 Å². The maximum atomic E-state index is 12.0. The topological polar surface area (TPSA) is 46.3 Å². The molecule has 0 fully saturated rings. The summed E-state index contributed by atoms with van der Waals surface area (Å²) >= 11 is 0. The molecule has 0 atom stereocenters. The average molecular weight is 212 g/mol. The lowest BCUT2D eigenvalue weighted by Crippen LogP contribution is -2.33. The molecule has 3 heteroatoms. The molecule has 0 spiro atoms. The van der Waals surface area contributed by atoms with Crippen molar-refractivity contribution in [1.29, 1.82) is 0 Å². The van der Waals surface area contributed by atoms with Gasteiger partial charge in [0.25, 0.3) is 5.91 Å². The van der Waals surface area contributed by atoms with Crippen molar-refractivity contribution in [3.8, 4) is 0 Å². The summed E-state index contributed by atoms with van der Waals surface area (Å²) in [7, 11) is 0. The molecule has 1 amide bonds. The van der Waals surface area contributed by atoms with Gasteiger partial charge in [-0.1, -0.05) is 20.8 Å². The highest BCUT2D eigenvalue weighted by molar-refractivity contribution is 5.93. The molecule has 0 saturated heterocycles. The zero-order valence-electron chi connectivity index (χ0n) is 10.6. The Bertz CT molecular complexity index is 234. The van der Waals surface area contributed by atoms with Crippen LogP contribution in [0.5, 0.6) is 0 Å². The van der Waals surface area contributed by atoms with Crippen molar-refractivity contribution in [2.24, 2.45) is 11.1 Å². The summed E-state index contributed by atoms with van der Waals surface area (Å²) < 4.78 is 0. The van der Waals surface area contributed by atoms with Crippen LogP contribution in [0.3, 0.4) is 0 Å². The number of hydrogen-bond acceptors (Lipinski definition) is 2. The fourth-order valence-corrected chi connectivity index (χ4v) is 1.49. The molecule has 0 saturated carbocycles. The first kappa shape index (κ1) is 14.0. The Morgan fingerprint density at radius 3 is 2.00 bits per heavy atom. The number of rotatable bonds is 4. The molecule has 0 aromatic rings. The van der Waals surface area contributed by atoms with E-state index in [2.05, 4.69) is 20.8 Å². The number of likely N-dealkylation sites (N-methyl/N-ethyl adjacent to an activating group) is 1. The van der Waals surface area contributed by atoms with E-state index in [1.165, 1.54) is 6.20 Å². The van der Waals surface area contributed by atoms with Crippen LogP contribution in [0.4, 0.5) is 0 Å². The van der Waals surface area contributed by atoms with Gasteiger partial charge in [-0.2, -0.15) is 0 Å². The van der Waals surface area contributed by atoms with Gasteiger partial charge in [-0.25, -0.2) is 0 Å². The SMILES string of the molecule is CCN(CC)C(=O)C(=CN)CC(C)(C)C. The third-order valence-electron chi connectivity index (χ3n) is 2.25. The molecule has 2 N–H and O–H groups in total. The first-order chi connectivity index (χ1) is 6.85. The molecule has 0 radical (unpaired) electrons. The lowest BCUT2D eigenvalue weighted by Gasteiger charge is -2.24. The van der Waals surface area contributed by atoms with Gasteiger partial charge in [0, 0.05) is 24.9 Å². The number of hydrogen-bond donors (Lipinski definition) is 1. The Balaban J connectivity index is 4.63. The number of amides is 1. The highest BCUT2D eigenvalue weighted by Gasteiger charge is 2.20. The predicted octanol–water partition coefficient (Wildman–Crippen LogP) is 2.13. The Kier molecular flexibility index (Phi) is 5.40.